The Labute approximate surface area is 119 Å². The van der Waals surface area contributed by atoms with Crippen molar-refractivity contribution in [2.75, 3.05) is 4.90 Å². The minimum absolute atomic E-state index is 0.00856. The van der Waals surface area contributed by atoms with Crippen LogP contribution in [0.25, 0.3) is 0 Å². The lowest BCUT2D eigenvalue weighted by atomic mass is 10.1. The van der Waals surface area contributed by atoms with Crippen molar-refractivity contribution < 1.29 is 18.4 Å². The van der Waals surface area contributed by atoms with Gasteiger partial charge in [-0.25, -0.2) is 8.78 Å². The lowest BCUT2D eigenvalue weighted by molar-refractivity contribution is -0.114. The Kier molecular flexibility index (Phi) is 3.05. The van der Waals surface area contributed by atoms with Crippen LogP contribution in [-0.2, 0) is 11.3 Å². The summed E-state index contributed by atoms with van der Waals surface area (Å²) in [6, 6.07) is 8.95. The third kappa shape index (κ3) is 2.11. The predicted molar refractivity (Wildman–Crippen MR) is 73.1 cm³/mol. The number of nitrogens with zero attached hydrogens (tertiary/aromatic N) is 1. The number of hydrogen-bond acceptors (Lipinski definition) is 2. The van der Waals surface area contributed by atoms with Crippen molar-refractivity contribution in [2.24, 2.45) is 0 Å². The maximum absolute atomic E-state index is 13.7. The van der Waals surface area contributed by atoms with Crippen LogP contribution in [0.15, 0.2) is 36.4 Å². The summed E-state index contributed by atoms with van der Waals surface area (Å²) in [6.45, 7) is 1.97. The Hall–Kier alpha value is -2.56. The smallest absolute Gasteiger partial charge is 0.299 e. The maximum Gasteiger partial charge on any atom is 0.299 e. The molecule has 0 aromatic heterocycles. The normalized spacial score (nSPS) is 13.8. The molecule has 0 bridgehead atoms. The molecule has 3 rings (SSSR count). The summed E-state index contributed by atoms with van der Waals surface area (Å²) in [5, 5.41) is 0. The van der Waals surface area contributed by atoms with Gasteiger partial charge in [0.25, 0.3) is 11.7 Å². The molecular weight excluding hydrogens is 276 g/mol. The Bertz CT molecular complexity index is 771. The number of anilines is 1. The number of amides is 1. The highest BCUT2D eigenvalue weighted by Gasteiger charge is 2.38. The van der Waals surface area contributed by atoms with E-state index in [0.29, 0.717) is 6.07 Å². The van der Waals surface area contributed by atoms with E-state index in [1.54, 1.807) is 12.1 Å². The molecule has 0 radical (unpaired) electrons. The van der Waals surface area contributed by atoms with Gasteiger partial charge in [0.15, 0.2) is 0 Å². The SMILES string of the molecule is Cc1ccccc1CN1C(=O)C(=O)c2c(F)cc(F)cc21. The van der Waals surface area contributed by atoms with Gasteiger partial charge in [0.2, 0.25) is 0 Å². The van der Waals surface area contributed by atoms with Crippen LogP contribution >= 0.6 is 0 Å². The van der Waals surface area contributed by atoms with Crippen LogP contribution in [-0.4, -0.2) is 11.7 Å². The van der Waals surface area contributed by atoms with Crippen molar-refractivity contribution in [3.63, 3.8) is 0 Å². The number of rotatable bonds is 2. The van der Waals surface area contributed by atoms with Gasteiger partial charge >= 0.3 is 0 Å². The van der Waals surface area contributed by atoms with Crippen LogP contribution in [0.3, 0.4) is 0 Å². The highest BCUT2D eigenvalue weighted by atomic mass is 19.1. The molecule has 0 N–H and O–H groups in total. The van der Waals surface area contributed by atoms with Crippen LogP contribution in [0.2, 0.25) is 0 Å². The van der Waals surface area contributed by atoms with Gasteiger partial charge in [-0.3, -0.25) is 9.59 Å². The Morgan fingerprint density at radius 1 is 1.10 bits per heavy atom. The second kappa shape index (κ2) is 4.77. The predicted octanol–water partition coefficient (Wildman–Crippen LogP) is 3.00. The largest absolute Gasteiger partial charge is 0.300 e. The second-order valence-electron chi connectivity index (χ2n) is 4.93. The van der Waals surface area contributed by atoms with Gasteiger partial charge in [0.1, 0.15) is 11.6 Å². The van der Waals surface area contributed by atoms with E-state index in [0.717, 1.165) is 22.1 Å². The van der Waals surface area contributed by atoms with E-state index in [2.05, 4.69) is 0 Å². The second-order valence-corrected chi connectivity index (χ2v) is 4.93. The number of hydrogen-bond donors (Lipinski definition) is 0. The van der Waals surface area contributed by atoms with Crippen molar-refractivity contribution in [1.29, 1.82) is 0 Å². The fraction of sp³-hybridized carbons (Fsp3) is 0.125. The summed E-state index contributed by atoms with van der Waals surface area (Å²) in [7, 11) is 0. The van der Waals surface area contributed by atoms with Gasteiger partial charge < -0.3 is 4.90 Å². The summed E-state index contributed by atoms with van der Waals surface area (Å²) < 4.78 is 27.1. The summed E-state index contributed by atoms with van der Waals surface area (Å²) in [5.74, 6) is -3.59. The Balaban J connectivity index is 2.08. The molecular formula is C16H11F2NO2. The van der Waals surface area contributed by atoms with Crippen LogP contribution in [0.4, 0.5) is 14.5 Å². The van der Waals surface area contributed by atoms with Crippen molar-refractivity contribution in [3.8, 4) is 0 Å². The average molecular weight is 287 g/mol. The van der Waals surface area contributed by atoms with E-state index in [-0.39, 0.29) is 17.8 Å². The molecule has 1 amide bonds. The molecule has 0 aliphatic carbocycles. The molecule has 1 aliphatic rings. The molecule has 2 aromatic rings. The van der Waals surface area contributed by atoms with Crippen LogP contribution in [0, 0.1) is 18.6 Å². The van der Waals surface area contributed by atoms with Gasteiger partial charge in [-0.15, -0.1) is 0 Å². The van der Waals surface area contributed by atoms with Crippen molar-refractivity contribution in [1.82, 2.24) is 0 Å². The molecule has 0 fully saturated rings. The Morgan fingerprint density at radius 2 is 1.81 bits per heavy atom. The number of carbonyl (C=O) groups is 2. The van der Waals surface area contributed by atoms with E-state index in [9.17, 15) is 18.4 Å². The van der Waals surface area contributed by atoms with E-state index in [4.69, 9.17) is 0 Å². The number of benzene rings is 2. The number of carbonyl (C=O) groups excluding carboxylic acids is 2. The van der Waals surface area contributed by atoms with Gasteiger partial charge in [-0.2, -0.15) is 0 Å². The number of halogens is 2. The lowest BCUT2D eigenvalue weighted by Crippen LogP contribution is -2.29. The van der Waals surface area contributed by atoms with Gasteiger partial charge in [-0.05, 0) is 24.1 Å². The minimum Gasteiger partial charge on any atom is -0.300 e. The highest BCUT2D eigenvalue weighted by molar-refractivity contribution is 6.52. The Morgan fingerprint density at radius 3 is 2.52 bits per heavy atom. The maximum atomic E-state index is 13.7. The molecule has 1 heterocycles. The standard InChI is InChI=1S/C16H11F2NO2/c1-9-4-2-3-5-10(9)8-19-13-7-11(17)6-12(18)14(13)15(20)16(19)21/h2-7H,8H2,1H3. The van der Waals surface area contributed by atoms with Crippen LogP contribution in [0.1, 0.15) is 21.5 Å². The molecule has 5 heteroatoms. The summed E-state index contributed by atoms with van der Waals surface area (Å²) in [5.41, 5.74) is 1.39. The summed E-state index contributed by atoms with van der Waals surface area (Å²) in [6.07, 6.45) is 0. The molecule has 2 aromatic carbocycles. The van der Waals surface area contributed by atoms with Crippen LogP contribution in [0.5, 0.6) is 0 Å². The first-order valence-corrected chi connectivity index (χ1v) is 6.39. The molecule has 0 atom stereocenters. The molecule has 106 valence electrons. The monoisotopic (exact) mass is 287 g/mol. The molecule has 21 heavy (non-hydrogen) atoms. The number of ketones is 1. The minimum atomic E-state index is -1.00. The molecule has 3 nitrogen and oxygen atoms in total. The van der Waals surface area contributed by atoms with E-state index < -0.39 is 23.3 Å². The zero-order chi connectivity index (χ0) is 15.1. The first-order chi connectivity index (χ1) is 9.99. The fourth-order valence-corrected chi connectivity index (χ4v) is 2.45. The van der Waals surface area contributed by atoms with Crippen molar-refractivity contribution >= 4 is 17.4 Å². The van der Waals surface area contributed by atoms with Gasteiger partial charge in [0, 0.05) is 6.07 Å². The number of Topliss-reactive ketones (excluding diaryl/α,β-unsaturated/α-hetero) is 1. The van der Waals surface area contributed by atoms with E-state index in [1.807, 2.05) is 19.1 Å². The summed E-state index contributed by atoms with van der Waals surface area (Å²) >= 11 is 0. The molecule has 0 saturated carbocycles. The zero-order valence-electron chi connectivity index (χ0n) is 11.2. The fourth-order valence-electron chi connectivity index (χ4n) is 2.45. The highest BCUT2D eigenvalue weighted by Crippen LogP contribution is 2.33. The first-order valence-electron chi connectivity index (χ1n) is 6.39. The lowest BCUT2D eigenvalue weighted by Gasteiger charge is -2.18. The van der Waals surface area contributed by atoms with Gasteiger partial charge in [-0.1, -0.05) is 24.3 Å². The van der Waals surface area contributed by atoms with Crippen molar-refractivity contribution in [3.05, 3.63) is 64.7 Å². The zero-order valence-corrected chi connectivity index (χ0v) is 11.2. The van der Waals surface area contributed by atoms with E-state index >= 15 is 0 Å². The third-order valence-electron chi connectivity index (χ3n) is 3.58. The topological polar surface area (TPSA) is 37.4 Å². The third-order valence-corrected chi connectivity index (χ3v) is 3.58. The quantitative estimate of drug-likeness (QED) is 0.796. The van der Waals surface area contributed by atoms with Crippen molar-refractivity contribution in [2.45, 2.75) is 13.5 Å². The first kappa shape index (κ1) is 13.4. The molecule has 0 spiro atoms. The molecule has 0 unspecified atom stereocenters. The average Bonchev–Trinajstić information content (AvgIpc) is 2.66. The number of aryl methyl sites for hydroxylation is 1. The van der Waals surface area contributed by atoms with Crippen LogP contribution < -0.4 is 4.90 Å². The summed E-state index contributed by atoms with van der Waals surface area (Å²) in [4.78, 5) is 25.0. The molecule has 0 saturated heterocycles. The van der Waals surface area contributed by atoms with Gasteiger partial charge in [0.05, 0.1) is 17.8 Å². The molecule has 1 aliphatic heterocycles. The number of fused-ring (bicyclic) bond motifs is 1. The van der Waals surface area contributed by atoms with E-state index in [1.165, 1.54) is 0 Å².